The van der Waals surface area contributed by atoms with Gasteiger partial charge >= 0.3 is 5.97 Å². The Morgan fingerprint density at radius 1 is 1.22 bits per heavy atom. The molecule has 18 heavy (non-hydrogen) atoms. The van der Waals surface area contributed by atoms with Gasteiger partial charge in [0.25, 0.3) is 0 Å². The monoisotopic (exact) mass is 246 g/mol. The zero-order chi connectivity index (χ0) is 13.0. The minimum Gasteiger partial charge on any atom is -0.497 e. The minimum atomic E-state index is -0.252. The summed E-state index contributed by atoms with van der Waals surface area (Å²) < 4.78 is 10.1. The third-order valence-corrected chi connectivity index (χ3v) is 4.73. The average molecular weight is 246 g/mol. The number of carbonyl (C=O) groups excluding carboxylic acids is 1. The van der Waals surface area contributed by atoms with Crippen LogP contribution < -0.4 is 4.74 Å². The Labute approximate surface area is 107 Å². The van der Waals surface area contributed by atoms with E-state index in [1.54, 1.807) is 7.11 Å². The summed E-state index contributed by atoms with van der Waals surface area (Å²) in [7, 11) is 3.14. The van der Waals surface area contributed by atoms with E-state index in [4.69, 9.17) is 9.47 Å². The Hall–Kier alpha value is -1.51. The second kappa shape index (κ2) is 3.50. The van der Waals surface area contributed by atoms with Crippen LogP contribution in [0.1, 0.15) is 31.2 Å². The Kier molecular flexibility index (Phi) is 2.25. The van der Waals surface area contributed by atoms with Gasteiger partial charge in [0.15, 0.2) is 0 Å². The van der Waals surface area contributed by atoms with Crippen molar-refractivity contribution in [2.75, 3.05) is 14.2 Å². The van der Waals surface area contributed by atoms with Crippen molar-refractivity contribution in [2.45, 2.75) is 25.7 Å². The zero-order valence-corrected chi connectivity index (χ0v) is 11.0. The number of hydrogen-bond donors (Lipinski definition) is 0. The van der Waals surface area contributed by atoms with Gasteiger partial charge in [-0.1, -0.05) is 19.1 Å². The van der Waals surface area contributed by atoms with Crippen LogP contribution >= 0.6 is 0 Å². The molecule has 3 heteroatoms. The fraction of sp³-hybridized carbons (Fsp3) is 0.533. The van der Waals surface area contributed by atoms with Crippen molar-refractivity contribution >= 4 is 5.97 Å². The Morgan fingerprint density at radius 2 is 1.83 bits per heavy atom. The van der Waals surface area contributed by atoms with Gasteiger partial charge in [-0.25, -0.2) is 0 Å². The molecule has 0 saturated heterocycles. The Balaban J connectivity index is 1.90. The number of methoxy groups -OCH3 is 2. The average Bonchev–Trinajstić information content (AvgIpc) is 2.35. The van der Waals surface area contributed by atoms with Crippen molar-refractivity contribution in [3.63, 3.8) is 0 Å². The van der Waals surface area contributed by atoms with Gasteiger partial charge in [0, 0.05) is 5.92 Å². The number of carbonyl (C=O) groups is 1. The van der Waals surface area contributed by atoms with Crippen molar-refractivity contribution in [3.05, 3.63) is 29.8 Å². The van der Waals surface area contributed by atoms with Gasteiger partial charge in [-0.2, -0.15) is 0 Å². The fourth-order valence-electron chi connectivity index (χ4n) is 4.19. The van der Waals surface area contributed by atoms with Gasteiger partial charge in [-0.3, -0.25) is 4.79 Å². The van der Waals surface area contributed by atoms with E-state index in [0.29, 0.717) is 5.92 Å². The molecular formula is C15H18O3. The number of esters is 1. The largest absolute Gasteiger partial charge is 0.497 e. The number of ether oxygens (including phenoxy) is 2. The summed E-state index contributed by atoms with van der Waals surface area (Å²) in [4.78, 5) is 12.0. The molecule has 3 fully saturated rings. The zero-order valence-electron chi connectivity index (χ0n) is 11.0. The number of benzene rings is 1. The summed E-state index contributed by atoms with van der Waals surface area (Å²) >= 11 is 0. The van der Waals surface area contributed by atoms with E-state index in [0.717, 1.165) is 18.6 Å². The van der Waals surface area contributed by atoms with Crippen LogP contribution in [-0.4, -0.2) is 20.2 Å². The van der Waals surface area contributed by atoms with Crippen molar-refractivity contribution in [1.29, 1.82) is 0 Å². The number of rotatable bonds is 3. The van der Waals surface area contributed by atoms with E-state index >= 15 is 0 Å². The molecule has 0 aliphatic heterocycles. The van der Waals surface area contributed by atoms with Gasteiger partial charge in [0.05, 0.1) is 19.6 Å². The maximum atomic E-state index is 12.0. The summed E-state index contributed by atoms with van der Waals surface area (Å²) in [6.07, 6.45) is 1.92. The second-order valence-corrected chi connectivity index (χ2v) is 5.86. The SMILES string of the molecule is COC(=O)C12CC(C)(C1)C2c1ccc(OC)cc1. The van der Waals surface area contributed by atoms with Crippen molar-refractivity contribution in [3.8, 4) is 5.75 Å². The van der Waals surface area contributed by atoms with Crippen molar-refractivity contribution in [2.24, 2.45) is 10.8 Å². The normalized spacial score (nSPS) is 36.3. The van der Waals surface area contributed by atoms with Crippen LogP contribution in [0.2, 0.25) is 0 Å². The maximum absolute atomic E-state index is 12.0. The molecule has 4 rings (SSSR count). The van der Waals surface area contributed by atoms with Crippen LogP contribution in [0.5, 0.6) is 5.75 Å². The Bertz CT molecular complexity index is 483. The van der Waals surface area contributed by atoms with Crippen LogP contribution in [0.3, 0.4) is 0 Å². The van der Waals surface area contributed by atoms with Gasteiger partial charge in [-0.05, 0) is 36.0 Å². The second-order valence-electron chi connectivity index (χ2n) is 5.86. The van der Waals surface area contributed by atoms with Gasteiger partial charge < -0.3 is 9.47 Å². The summed E-state index contributed by atoms with van der Waals surface area (Å²) in [5.41, 5.74) is 1.25. The quantitative estimate of drug-likeness (QED) is 0.769. The first-order chi connectivity index (χ1) is 8.55. The van der Waals surface area contributed by atoms with Crippen LogP contribution in [0.15, 0.2) is 24.3 Å². The molecule has 0 heterocycles. The molecule has 0 aromatic heterocycles. The van der Waals surface area contributed by atoms with E-state index in [9.17, 15) is 4.79 Å². The van der Waals surface area contributed by atoms with Gasteiger partial charge in [0.2, 0.25) is 0 Å². The molecule has 0 amide bonds. The molecule has 96 valence electrons. The highest BCUT2D eigenvalue weighted by Crippen LogP contribution is 2.81. The van der Waals surface area contributed by atoms with Crippen molar-refractivity contribution < 1.29 is 14.3 Å². The highest BCUT2D eigenvalue weighted by molar-refractivity contribution is 5.83. The van der Waals surface area contributed by atoms with E-state index in [2.05, 4.69) is 19.1 Å². The molecule has 3 aliphatic rings. The molecule has 0 radical (unpaired) electrons. The standard InChI is InChI=1S/C15H18O3/c1-14-8-15(9-14,13(16)18-3)12(14)10-4-6-11(17-2)7-5-10/h4-7,12H,8-9H2,1-3H3. The van der Waals surface area contributed by atoms with Gasteiger partial charge in [0.1, 0.15) is 5.75 Å². The van der Waals surface area contributed by atoms with E-state index in [1.165, 1.54) is 12.7 Å². The molecule has 0 spiro atoms. The van der Waals surface area contributed by atoms with Crippen LogP contribution in [-0.2, 0) is 9.53 Å². The van der Waals surface area contributed by atoms with E-state index in [1.807, 2.05) is 12.1 Å². The smallest absolute Gasteiger partial charge is 0.312 e. The molecule has 3 aliphatic carbocycles. The first-order valence-corrected chi connectivity index (χ1v) is 6.28. The predicted molar refractivity (Wildman–Crippen MR) is 67.5 cm³/mol. The number of hydrogen-bond acceptors (Lipinski definition) is 3. The minimum absolute atomic E-state index is 0.0490. The highest BCUT2D eigenvalue weighted by Gasteiger charge is 2.77. The maximum Gasteiger partial charge on any atom is 0.312 e. The van der Waals surface area contributed by atoms with E-state index < -0.39 is 0 Å². The lowest BCUT2D eigenvalue weighted by Crippen LogP contribution is -2.70. The lowest BCUT2D eigenvalue weighted by Gasteiger charge is -2.73. The van der Waals surface area contributed by atoms with Gasteiger partial charge in [-0.15, -0.1) is 0 Å². The molecule has 1 aromatic carbocycles. The van der Waals surface area contributed by atoms with Crippen LogP contribution in [0.4, 0.5) is 0 Å². The third kappa shape index (κ3) is 1.22. The first kappa shape index (κ1) is 11.6. The third-order valence-electron chi connectivity index (χ3n) is 4.73. The Morgan fingerprint density at radius 3 is 2.28 bits per heavy atom. The fourth-order valence-corrected chi connectivity index (χ4v) is 4.19. The summed E-state index contributed by atoms with van der Waals surface area (Å²) in [5.74, 6) is 1.11. The molecule has 0 N–H and O–H groups in total. The molecule has 3 saturated carbocycles. The summed E-state index contributed by atoms with van der Waals surface area (Å²) in [6.45, 7) is 2.26. The molecule has 1 aromatic rings. The van der Waals surface area contributed by atoms with Crippen molar-refractivity contribution in [1.82, 2.24) is 0 Å². The first-order valence-electron chi connectivity index (χ1n) is 6.28. The highest BCUT2D eigenvalue weighted by atomic mass is 16.5. The van der Waals surface area contributed by atoms with Crippen LogP contribution in [0.25, 0.3) is 0 Å². The predicted octanol–water partition coefficient (Wildman–Crippen LogP) is 2.75. The molecule has 3 nitrogen and oxygen atoms in total. The summed E-state index contributed by atoms with van der Waals surface area (Å²) in [5, 5.41) is 0. The summed E-state index contributed by atoms with van der Waals surface area (Å²) in [6, 6.07) is 8.05. The lowest BCUT2D eigenvalue weighted by atomic mass is 9.28. The topological polar surface area (TPSA) is 35.5 Å². The molecule has 1 atom stereocenters. The van der Waals surface area contributed by atoms with Crippen LogP contribution in [0, 0.1) is 10.8 Å². The lowest BCUT2D eigenvalue weighted by molar-refractivity contribution is -0.237. The molecular weight excluding hydrogens is 228 g/mol. The molecule has 1 unspecified atom stereocenters. The van der Waals surface area contributed by atoms with E-state index in [-0.39, 0.29) is 16.8 Å². The molecule has 2 bridgehead atoms.